The maximum absolute atomic E-state index is 13.8. The number of rotatable bonds is 6. The number of halogens is 7. The molecule has 3 amide bonds. The molecule has 1 saturated carbocycles. The van der Waals surface area contributed by atoms with Crippen LogP contribution in [0.4, 0.5) is 36.4 Å². The molecule has 1 fully saturated rings. The third-order valence-corrected chi connectivity index (χ3v) is 7.27. The highest BCUT2D eigenvalue weighted by Crippen LogP contribution is 2.39. The lowest BCUT2D eigenvalue weighted by Crippen LogP contribution is -2.55. The summed E-state index contributed by atoms with van der Waals surface area (Å²) in [7, 11) is 0. The molecule has 1 aliphatic heterocycles. The minimum Gasteiger partial charge on any atom is -0.342 e. The van der Waals surface area contributed by atoms with Crippen LogP contribution in [0.2, 0.25) is 0 Å². The summed E-state index contributed by atoms with van der Waals surface area (Å²) < 4.78 is 94.1. The molecule has 1 aliphatic carbocycles. The van der Waals surface area contributed by atoms with Crippen molar-refractivity contribution < 1.29 is 49.9 Å². The van der Waals surface area contributed by atoms with Gasteiger partial charge in [0.15, 0.2) is 5.78 Å². The molecule has 0 radical (unpaired) electrons. The van der Waals surface area contributed by atoms with Gasteiger partial charge in [0.05, 0.1) is 28.9 Å². The van der Waals surface area contributed by atoms with Crippen LogP contribution in [-0.2, 0) is 28.5 Å². The van der Waals surface area contributed by atoms with Crippen molar-refractivity contribution >= 4 is 29.2 Å². The minimum absolute atomic E-state index is 0.0288. The monoisotopic (exact) mass is 622 g/mol. The average Bonchev–Trinajstić information content (AvgIpc) is 3.75. The van der Waals surface area contributed by atoms with Gasteiger partial charge in [-0.2, -0.15) is 30.7 Å². The van der Waals surface area contributed by atoms with E-state index < -0.39 is 83.0 Å². The molecule has 5 rings (SSSR count). The number of carbonyl (C=O) groups is 4. The largest absolute Gasteiger partial charge is 0.416 e. The number of ketones is 1. The number of amides is 3. The predicted molar refractivity (Wildman–Crippen MR) is 139 cm³/mol. The molecule has 3 aromatic rings. The van der Waals surface area contributed by atoms with Crippen molar-refractivity contribution in [2.45, 2.75) is 49.7 Å². The molecule has 8 nitrogen and oxygen atoms in total. The van der Waals surface area contributed by atoms with E-state index in [1.807, 2.05) is 0 Å². The van der Waals surface area contributed by atoms with E-state index in [1.54, 1.807) is 0 Å². The molecule has 2 aliphatic rings. The molecule has 1 atom stereocenters. The molecule has 15 heteroatoms. The first kappa shape index (κ1) is 30.6. The number of anilines is 1. The van der Waals surface area contributed by atoms with Crippen LogP contribution >= 0.6 is 0 Å². The van der Waals surface area contributed by atoms with E-state index in [1.165, 1.54) is 24.3 Å². The van der Waals surface area contributed by atoms with Gasteiger partial charge in [-0.15, -0.1) is 0 Å². The van der Waals surface area contributed by atoms with Gasteiger partial charge in [0.2, 0.25) is 17.8 Å². The Kier molecular flexibility index (Phi) is 7.68. The molecule has 2 heterocycles. The van der Waals surface area contributed by atoms with Crippen molar-refractivity contribution in [1.29, 1.82) is 0 Å². The van der Waals surface area contributed by atoms with E-state index in [9.17, 15) is 49.9 Å². The summed E-state index contributed by atoms with van der Waals surface area (Å²) in [6.07, 6.45) is -9.56. The average molecular weight is 622 g/mol. The topological polar surface area (TPSA) is 108 Å². The van der Waals surface area contributed by atoms with Crippen LogP contribution < -0.4 is 15.5 Å². The Morgan fingerprint density at radius 1 is 0.932 bits per heavy atom. The number of carbonyl (C=O) groups excluding carboxylic acids is 4. The smallest absolute Gasteiger partial charge is 0.342 e. The fourth-order valence-electron chi connectivity index (χ4n) is 4.83. The van der Waals surface area contributed by atoms with Gasteiger partial charge in [-0.3, -0.25) is 19.2 Å². The van der Waals surface area contributed by atoms with Crippen molar-refractivity contribution in [3.8, 4) is 0 Å². The highest BCUT2D eigenvalue weighted by Gasteiger charge is 2.52. The third kappa shape index (κ3) is 6.26. The lowest BCUT2D eigenvalue weighted by Gasteiger charge is -2.28. The summed E-state index contributed by atoms with van der Waals surface area (Å²) in [4.78, 5) is 57.1. The Bertz CT molecular complexity index is 1620. The molecule has 44 heavy (non-hydrogen) atoms. The van der Waals surface area contributed by atoms with Gasteiger partial charge in [-0.1, -0.05) is 12.1 Å². The molecule has 0 spiro atoms. The second kappa shape index (κ2) is 11.0. The highest BCUT2D eigenvalue weighted by atomic mass is 19.4. The van der Waals surface area contributed by atoms with Gasteiger partial charge in [-0.25, -0.2) is 4.98 Å². The number of fused-ring (bicyclic) bond motifs is 1. The maximum Gasteiger partial charge on any atom is 0.416 e. The van der Waals surface area contributed by atoms with Crippen LogP contribution in [0.5, 0.6) is 0 Å². The number of alkyl halides is 6. The first-order valence-corrected chi connectivity index (χ1v) is 13.0. The molecule has 230 valence electrons. The second-order valence-corrected chi connectivity index (χ2v) is 10.4. The van der Waals surface area contributed by atoms with Crippen molar-refractivity contribution in [2.75, 3.05) is 4.90 Å². The van der Waals surface area contributed by atoms with Crippen LogP contribution in [0, 0.1) is 5.95 Å². The van der Waals surface area contributed by atoms with E-state index in [2.05, 4.69) is 15.6 Å². The fourth-order valence-corrected chi connectivity index (χ4v) is 4.83. The highest BCUT2D eigenvalue weighted by molar-refractivity contribution is 6.13. The number of nitrogens with one attached hydrogen (secondary N) is 2. The van der Waals surface area contributed by atoms with Crippen LogP contribution in [-0.4, -0.2) is 40.1 Å². The Balaban J connectivity index is 1.44. The Morgan fingerprint density at radius 2 is 1.57 bits per heavy atom. The zero-order valence-electron chi connectivity index (χ0n) is 22.4. The molecule has 1 aromatic heterocycles. The van der Waals surface area contributed by atoms with E-state index in [0.717, 1.165) is 23.2 Å². The molecule has 2 aromatic carbocycles. The lowest BCUT2D eigenvalue weighted by molar-refractivity contribution is -0.143. The van der Waals surface area contributed by atoms with E-state index in [0.29, 0.717) is 12.1 Å². The first-order valence-electron chi connectivity index (χ1n) is 13.0. The fraction of sp³-hybridized carbons (Fsp3) is 0.276. The van der Waals surface area contributed by atoms with Crippen LogP contribution in [0.3, 0.4) is 0 Å². The van der Waals surface area contributed by atoms with E-state index in [-0.39, 0.29) is 35.7 Å². The first-order chi connectivity index (χ1) is 20.6. The number of hydrogen-bond acceptors (Lipinski definition) is 5. The summed E-state index contributed by atoms with van der Waals surface area (Å²) in [6, 6.07) is 6.97. The van der Waals surface area contributed by atoms with Crippen LogP contribution in [0.1, 0.15) is 56.7 Å². The van der Waals surface area contributed by atoms with Gasteiger partial charge < -0.3 is 15.5 Å². The molecular formula is C29H21F7N4O4. The Labute approximate surface area is 244 Å². The zero-order chi connectivity index (χ0) is 32.0. The number of nitrogens with zero attached hydrogens (tertiary/aromatic N) is 2. The number of pyridine rings is 1. The van der Waals surface area contributed by atoms with Crippen molar-refractivity contribution in [1.82, 2.24) is 15.6 Å². The van der Waals surface area contributed by atoms with Gasteiger partial charge in [0.1, 0.15) is 11.6 Å². The van der Waals surface area contributed by atoms with Gasteiger partial charge in [0.25, 0.3) is 5.91 Å². The quantitative estimate of drug-likeness (QED) is 0.303. The Morgan fingerprint density at radius 3 is 2.14 bits per heavy atom. The molecule has 0 unspecified atom stereocenters. The number of aromatic nitrogens is 1. The zero-order valence-corrected chi connectivity index (χ0v) is 22.4. The number of benzene rings is 2. The normalized spacial score (nSPS) is 17.9. The summed E-state index contributed by atoms with van der Waals surface area (Å²) in [5.41, 5.74) is -5.30. The summed E-state index contributed by atoms with van der Waals surface area (Å²) in [5, 5.41) is 4.94. The van der Waals surface area contributed by atoms with E-state index >= 15 is 0 Å². The SMILES string of the molecule is O=C(NC1(C(=O)N[C@@H]2CC(=O)c3ccccc3N(Cc3cc(C(F)(F)F)cc(C(F)(F)F)c3)C2=O)CC1)c1ccc(F)nc1. The summed E-state index contributed by atoms with van der Waals surface area (Å²) >= 11 is 0. The third-order valence-electron chi connectivity index (χ3n) is 7.27. The Hall–Kier alpha value is -4.82. The van der Waals surface area contributed by atoms with Gasteiger partial charge >= 0.3 is 12.4 Å². The van der Waals surface area contributed by atoms with Crippen molar-refractivity contribution in [3.63, 3.8) is 0 Å². The van der Waals surface area contributed by atoms with Crippen molar-refractivity contribution in [2.24, 2.45) is 0 Å². The minimum atomic E-state index is -5.13. The summed E-state index contributed by atoms with van der Waals surface area (Å²) in [5.74, 6) is -4.01. The van der Waals surface area contributed by atoms with Crippen LogP contribution in [0.15, 0.2) is 60.8 Å². The lowest BCUT2D eigenvalue weighted by atomic mass is 10.0. The maximum atomic E-state index is 13.8. The van der Waals surface area contributed by atoms with Gasteiger partial charge in [0, 0.05) is 18.2 Å². The van der Waals surface area contributed by atoms with Gasteiger partial charge in [-0.05, 0) is 60.9 Å². The second-order valence-electron chi connectivity index (χ2n) is 10.4. The molecular weight excluding hydrogens is 601 g/mol. The number of para-hydroxylation sites is 1. The van der Waals surface area contributed by atoms with E-state index in [4.69, 9.17) is 0 Å². The summed E-state index contributed by atoms with van der Waals surface area (Å²) in [6.45, 7) is -0.790. The number of hydrogen-bond donors (Lipinski definition) is 2. The molecule has 2 N–H and O–H groups in total. The molecule has 0 bridgehead atoms. The number of Topliss-reactive ketones (excluding diaryl/α,β-unsaturated/α-hetero) is 1. The van der Waals surface area contributed by atoms with Crippen molar-refractivity contribution in [3.05, 3.63) is 94.6 Å². The standard InChI is InChI=1S/C29H21F7N4O4/c30-23-6-5-16(13-37-23)24(42)39-27(7-8-27)26(44)38-20-12-22(41)19-3-1-2-4-21(19)40(25(20)43)14-15-9-17(28(31,32)33)11-18(10-15)29(34,35)36/h1-6,9-11,13,20H,7-8,12,14H2,(H,38,44)(H,39,42)/t20-/m1/s1. The predicted octanol–water partition coefficient (Wildman–Crippen LogP) is 4.83. The van der Waals surface area contributed by atoms with Crippen LogP contribution in [0.25, 0.3) is 0 Å². The molecule has 0 saturated heterocycles.